The van der Waals surface area contributed by atoms with Crippen molar-refractivity contribution in [3.05, 3.63) is 87.1 Å². The number of hydrogen-bond donors (Lipinski definition) is 2. The second-order valence-corrected chi connectivity index (χ2v) is 8.94. The zero-order chi connectivity index (χ0) is 24.4. The first-order chi connectivity index (χ1) is 16.3. The molecule has 2 aliphatic rings. The molecule has 1 saturated heterocycles. The number of thioether (sulfide) groups is 1. The molecule has 2 aliphatic heterocycles. The van der Waals surface area contributed by atoms with E-state index >= 15 is 0 Å². The maximum absolute atomic E-state index is 12.8. The maximum Gasteiger partial charge on any atom is 0.355 e. The fourth-order valence-corrected chi connectivity index (χ4v) is 5.01. The lowest BCUT2D eigenvalue weighted by Crippen LogP contribution is -2.70. The lowest BCUT2D eigenvalue weighted by atomic mass is 10.0. The first kappa shape index (κ1) is 23.5. The van der Waals surface area contributed by atoms with Gasteiger partial charge in [0.2, 0.25) is 0 Å². The summed E-state index contributed by atoms with van der Waals surface area (Å²) >= 11 is 1.40. The number of aliphatic hydroxyl groups excluding tert-OH is 1. The number of non-ortho nitro benzene ring substituents is 1. The minimum Gasteiger partial charge on any atom is -0.456 e. The van der Waals surface area contributed by atoms with E-state index in [9.17, 15) is 29.6 Å². The van der Waals surface area contributed by atoms with Crippen molar-refractivity contribution in [2.75, 3.05) is 5.75 Å². The highest BCUT2D eigenvalue weighted by Gasteiger charge is 2.54. The van der Waals surface area contributed by atoms with Gasteiger partial charge in [0.15, 0.2) is 6.10 Å². The van der Waals surface area contributed by atoms with Gasteiger partial charge in [-0.25, -0.2) is 4.79 Å². The van der Waals surface area contributed by atoms with E-state index in [1.807, 2.05) is 0 Å². The Kier molecular flexibility index (Phi) is 6.66. The number of amides is 2. The molecule has 10 nitrogen and oxygen atoms in total. The number of benzene rings is 2. The van der Waals surface area contributed by atoms with Gasteiger partial charge in [0.25, 0.3) is 17.5 Å². The first-order valence-corrected chi connectivity index (χ1v) is 11.4. The van der Waals surface area contributed by atoms with Gasteiger partial charge in [-0.3, -0.25) is 24.6 Å². The van der Waals surface area contributed by atoms with Crippen molar-refractivity contribution >= 4 is 35.2 Å². The molecule has 0 saturated carbocycles. The zero-order valence-electron chi connectivity index (χ0n) is 18.0. The molecular weight excluding hydrogens is 462 g/mol. The molecule has 2 aromatic rings. The molecular formula is C23H21N3O7S. The van der Waals surface area contributed by atoms with Gasteiger partial charge < -0.3 is 15.2 Å². The molecule has 2 amide bonds. The van der Waals surface area contributed by atoms with E-state index in [1.165, 1.54) is 40.9 Å². The van der Waals surface area contributed by atoms with Crippen LogP contribution in [-0.2, 0) is 25.7 Å². The number of β-lactam (4-membered cyclic amide) rings is 1. The molecule has 2 N–H and O–H groups in total. The second kappa shape index (κ2) is 9.65. The van der Waals surface area contributed by atoms with Crippen LogP contribution in [0.3, 0.4) is 0 Å². The number of hydrogen-bond acceptors (Lipinski definition) is 8. The molecule has 0 aliphatic carbocycles. The number of nitro benzene ring substituents is 1. The van der Waals surface area contributed by atoms with Gasteiger partial charge in [0.1, 0.15) is 23.7 Å². The van der Waals surface area contributed by atoms with Crippen molar-refractivity contribution < 1.29 is 29.2 Å². The number of carbonyl (C=O) groups excluding carboxylic acids is 3. The minimum atomic E-state index is -1.42. The van der Waals surface area contributed by atoms with E-state index < -0.39 is 40.2 Å². The Morgan fingerprint density at radius 1 is 1.24 bits per heavy atom. The molecule has 0 bridgehead atoms. The number of esters is 1. The number of nitro groups is 1. The topological polar surface area (TPSA) is 139 Å². The Hall–Kier alpha value is -3.70. The van der Waals surface area contributed by atoms with Gasteiger partial charge in [-0.05, 0) is 35.8 Å². The Balaban J connectivity index is 1.39. The van der Waals surface area contributed by atoms with Gasteiger partial charge in [-0.15, -0.1) is 11.8 Å². The summed E-state index contributed by atoms with van der Waals surface area (Å²) in [5.41, 5.74) is 1.69. The summed E-state index contributed by atoms with van der Waals surface area (Å²) in [7, 11) is 0. The van der Waals surface area contributed by atoms with Crippen LogP contribution in [0.4, 0.5) is 5.69 Å². The summed E-state index contributed by atoms with van der Waals surface area (Å²) in [6.07, 6.45) is -1.42. The molecule has 11 heteroatoms. The van der Waals surface area contributed by atoms with E-state index in [0.717, 1.165) is 0 Å². The second-order valence-electron chi connectivity index (χ2n) is 7.84. The molecule has 2 unspecified atom stereocenters. The monoisotopic (exact) mass is 483 g/mol. The third-order valence-corrected chi connectivity index (χ3v) is 6.95. The Morgan fingerprint density at radius 2 is 1.91 bits per heavy atom. The number of nitrogens with zero attached hydrogens (tertiary/aromatic N) is 2. The lowest BCUT2D eigenvalue weighted by molar-refractivity contribution is -0.384. The molecule has 3 atom stereocenters. The third kappa shape index (κ3) is 4.52. The van der Waals surface area contributed by atoms with Crippen LogP contribution in [0, 0.1) is 10.1 Å². The van der Waals surface area contributed by atoms with Gasteiger partial charge in [0.05, 0.1) is 4.92 Å². The van der Waals surface area contributed by atoms with Crippen molar-refractivity contribution in [3.63, 3.8) is 0 Å². The predicted octanol–water partition coefficient (Wildman–Crippen LogP) is 2.05. The van der Waals surface area contributed by atoms with E-state index in [0.29, 0.717) is 22.5 Å². The van der Waals surface area contributed by atoms with Crippen molar-refractivity contribution in [2.45, 2.75) is 31.1 Å². The van der Waals surface area contributed by atoms with E-state index in [-0.39, 0.29) is 18.0 Å². The standard InChI is InChI=1S/C23H21N3O7S/c1-13-12-34-22-17(24-20(28)19(27)15-5-3-2-4-6-15)21(29)25(22)18(13)23(30)33-11-14-7-9-16(10-8-14)26(31)32/h2-10,17,19,22,27H,11-12H2,1H3,(H,24,28)/t17?,19?,22-/m0/s1. The molecule has 0 radical (unpaired) electrons. The van der Waals surface area contributed by atoms with Crippen molar-refractivity contribution in [2.24, 2.45) is 0 Å². The van der Waals surface area contributed by atoms with Crippen LogP contribution in [0.15, 0.2) is 65.9 Å². The van der Waals surface area contributed by atoms with Gasteiger partial charge >= 0.3 is 5.97 Å². The highest BCUT2D eigenvalue weighted by atomic mass is 32.2. The molecule has 0 aromatic heterocycles. The van der Waals surface area contributed by atoms with E-state index in [2.05, 4.69) is 5.32 Å². The quantitative estimate of drug-likeness (QED) is 0.264. The summed E-state index contributed by atoms with van der Waals surface area (Å²) in [6.45, 7) is 1.61. The van der Waals surface area contributed by atoms with Crippen molar-refractivity contribution in [1.82, 2.24) is 10.2 Å². The summed E-state index contributed by atoms with van der Waals surface area (Å²) in [5, 5.41) is 23.1. The number of fused-ring (bicyclic) bond motifs is 1. The molecule has 2 aromatic carbocycles. The summed E-state index contributed by atoms with van der Waals surface area (Å²) < 4.78 is 5.35. The smallest absolute Gasteiger partial charge is 0.355 e. The van der Waals surface area contributed by atoms with E-state index in [1.54, 1.807) is 37.3 Å². The Labute approximate surface area is 198 Å². The number of aliphatic hydroxyl groups is 1. The molecule has 4 rings (SSSR count). The van der Waals surface area contributed by atoms with Gasteiger partial charge in [0, 0.05) is 17.9 Å². The van der Waals surface area contributed by atoms with Gasteiger partial charge in [-0.2, -0.15) is 0 Å². The summed E-state index contributed by atoms with van der Waals surface area (Å²) in [6, 6.07) is 13.1. The molecule has 176 valence electrons. The Morgan fingerprint density at radius 3 is 2.56 bits per heavy atom. The number of rotatable bonds is 7. The summed E-state index contributed by atoms with van der Waals surface area (Å²) in [5.74, 6) is -1.39. The number of nitrogens with one attached hydrogen (secondary N) is 1. The minimum absolute atomic E-state index is 0.0718. The van der Waals surface area contributed by atoms with Gasteiger partial charge in [-0.1, -0.05) is 30.3 Å². The predicted molar refractivity (Wildman–Crippen MR) is 122 cm³/mol. The van der Waals surface area contributed by atoms with Crippen LogP contribution in [-0.4, -0.2) is 49.9 Å². The average molecular weight is 484 g/mol. The SMILES string of the molecule is CC1=C(C(=O)OCc2ccc([N+](=O)[O-])cc2)N2C(=O)C(NC(=O)C(O)c3ccccc3)[C@@H]2SC1. The van der Waals surface area contributed by atoms with Crippen LogP contribution < -0.4 is 5.32 Å². The number of ether oxygens (including phenoxy) is 1. The van der Waals surface area contributed by atoms with Crippen LogP contribution in [0.5, 0.6) is 0 Å². The van der Waals surface area contributed by atoms with Crippen LogP contribution >= 0.6 is 11.8 Å². The molecule has 2 heterocycles. The average Bonchev–Trinajstić information content (AvgIpc) is 2.85. The Bertz CT molecular complexity index is 1170. The fourth-order valence-electron chi connectivity index (χ4n) is 3.71. The van der Waals surface area contributed by atoms with Crippen molar-refractivity contribution in [3.8, 4) is 0 Å². The van der Waals surface area contributed by atoms with Crippen LogP contribution in [0.1, 0.15) is 24.2 Å². The van der Waals surface area contributed by atoms with Crippen LogP contribution in [0.2, 0.25) is 0 Å². The molecule has 0 spiro atoms. The van der Waals surface area contributed by atoms with E-state index in [4.69, 9.17) is 4.74 Å². The normalized spacial score (nSPS) is 20.2. The third-order valence-electron chi connectivity index (χ3n) is 5.53. The largest absolute Gasteiger partial charge is 0.456 e. The van der Waals surface area contributed by atoms with Crippen LogP contribution in [0.25, 0.3) is 0 Å². The highest BCUT2D eigenvalue weighted by molar-refractivity contribution is 8.00. The molecule has 1 fully saturated rings. The fraction of sp³-hybridized carbons (Fsp3) is 0.261. The zero-order valence-corrected chi connectivity index (χ0v) is 18.9. The molecule has 34 heavy (non-hydrogen) atoms. The highest BCUT2D eigenvalue weighted by Crippen LogP contribution is 2.40. The van der Waals surface area contributed by atoms with Crippen molar-refractivity contribution in [1.29, 1.82) is 0 Å². The lowest BCUT2D eigenvalue weighted by Gasteiger charge is -2.49. The maximum atomic E-state index is 12.8. The summed E-state index contributed by atoms with van der Waals surface area (Å²) in [4.78, 5) is 49.7. The number of carbonyl (C=O) groups is 3. The first-order valence-electron chi connectivity index (χ1n) is 10.4.